The van der Waals surface area contributed by atoms with E-state index in [4.69, 9.17) is 4.74 Å². The van der Waals surface area contributed by atoms with Crippen molar-refractivity contribution in [2.45, 2.75) is 51.1 Å². The smallest absolute Gasteiger partial charge is 0.308 e. The maximum absolute atomic E-state index is 12.5. The number of hydrogen-bond donors (Lipinski definition) is 0. The van der Waals surface area contributed by atoms with Crippen LogP contribution in [0.1, 0.15) is 38.5 Å². The Labute approximate surface area is 93.2 Å². The fraction of sp³-hybridized carbons (Fsp3) is 0.909. The van der Waals surface area contributed by atoms with Crippen molar-refractivity contribution in [2.24, 2.45) is 5.92 Å². The number of rotatable bonds is 5. The summed E-state index contributed by atoms with van der Waals surface area (Å²) in [6.07, 6.45) is -0.880. The molecular formula is C11H17F3O2. The van der Waals surface area contributed by atoms with Gasteiger partial charge in [0.2, 0.25) is 0 Å². The van der Waals surface area contributed by atoms with Crippen LogP contribution >= 0.6 is 0 Å². The molecule has 1 aliphatic rings. The van der Waals surface area contributed by atoms with Gasteiger partial charge in [0.1, 0.15) is 0 Å². The van der Waals surface area contributed by atoms with E-state index in [9.17, 15) is 18.0 Å². The molecule has 0 amide bonds. The highest BCUT2D eigenvalue weighted by Crippen LogP contribution is 2.24. The highest BCUT2D eigenvalue weighted by atomic mass is 19.3. The van der Waals surface area contributed by atoms with Gasteiger partial charge in [0.15, 0.2) is 6.17 Å². The minimum atomic E-state index is -2.99. The van der Waals surface area contributed by atoms with Crippen LogP contribution in [-0.2, 0) is 9.53 Å². The summed E-state index contributed by atoms with van der Waals surface area (Å²) in [4.78, 5) is 11.4. The predicted molar refractivity (Wildman–Crippen MR) is 53.1 cm³/mol. The number of carbonyl (C=O) groups excluding carboxylic acids is 1. The maximum Gasteiger partial charge on any atom is 0.308 e. The minimum absolute atomic E-state index is 0.113. The van der Waals surface area contributed by atoms with E-state index >= 15 is 0 Å². The Kier molecular flexibility index (Phi) is 5.63. The average molecular weight is 238 g/mol. The summed E-state index contributed by atoms with van der Waals surface area (Å²) in [5.74, 6) is -0.473. The van der Waals surface area contributed by atoms with Crippen molar-refractivity contribution in [3.63, 3.8) is 0 Å². The van der Waals surface area contributed by atoms with Crippen LogP contribution in [0, 0.1) is 5.92 Å². The van der Waals surface area contributed by atoms with Gasteiger partial charge < -0.3 is 4.74 Å². The van der Waals surface area contributed by atoms with Crippen molar-refractivity contribution in [1.82, 2.24) is 0 Å². The normalized spacial score (nSPS) is 19.8. The van der Waals surface area contributed by atoms with Gasteiger partial charge in [-0.2, -0.15) is 0 Å². The molecule has 1 aliphatic carbocycles. The SMILES string of the molecule is O=C(OCCC(F)C(F)F)C1CCCCC1. The highest BCUT2D eigenvalue weighted by Gasteiger charge is 2.24. The first-order valence-electron chi connectivity index (χ1n) is 5.70. The molecule has 0 heterocycles. The van der Waals surface area contributed by atoms with Crippen LogP contribution in [0.4, 0.5) is 13.2 Å². The lowest BCUT2D eigenvalue weighted by molar-refractivity contribution is -0.150. The number of halogens is 3. The van der Waals surface area contributed by atoms with Crippen LogP contribution in [-0.4, -0.2) is 25.2 Å². The topological polar surface area (TPSA) is 26.3 Å². The molecule has 1 fully saturated rings. The Morgan fingerprint density at radius 3 is 2.38 bits per heavy atom. The number of alkyl halides is 3. The second kappa shape index (κ2) is 6.76. The molecule has 0 saturated heterocycles. The third-order valence-electron chi connectivity index (χ3n) is 2.85. The Morgan fingerprint density at radius 2 is 1.81 bits per heavy atom. The Morgan fingerprint density at radius 1 is 1.19 bits per heavy atom. The van der Waals surface area contributed by atoms with Gasteiger partial charge in [0, 0.05) is 6.42 Å². The molecule has 1 saturated carbocycles. The molecule has 0 bridgehead atoms. The van der Waals surface area contributed by atoms with Crippen LogP contribution < -0.4 is 0 Å². The quantitative estimate of drug-likeness (QED) is 0.688. The fourth-order valence-corrected chi connectivity index (χ4v) is 1.85. The molecule has 5 heteroatoms. The van der Waals surface area contributed by atoms with Crippen LogP contribution in [0.25, 0.3) is 0 Å². The van der Waals surface area contributed by atoms with Crippen LogP contribution in [0.3, 0.4) is 0 Å². The predicted octanol–water partition coefficient (Wildman–Crippen LogP) is 3.10. The summed E-state index contributed by atoms with van der Waals surface area (Å²) in [6.45, 7) is -0.249. The maximum atomic E-state index is 12.5. The zero-order valence-electron chi connectivity index (χ0n) is 9.13. The van der Waals surface area contributed by atoms with E-state index in [2.05, 4.69) is 0 Å². The fourth-order valence-electron chi connectivity index (χ4n) is 1.85. The second-order valence-corrected chi connectivity index (χ2v) is 4.14. The summed E-state index contributed by atoms with van der Waals surface area (Å²) < 4.78 is 40.9. The highest BCUT2D eigenvalue weighted by molar-refractivity contribution is 5.72. The van der Waals surface area contributed by atoms with Crippen molar-refractivity contribution in [3.05, 3.63) is 0 Å². The summed E-state index contributed by atoms with van der Waals surface area (Å²) in [5.41, 5.74) is 0. The molecule has 0 aromatic carbocycles. The molecule has 0 aliphatic heterocycles. The lowest BCUT2D eigenvalue weighted by Crippen LogP contribution is -2.22. The van der Waals surface area contributed by atoms with Crippen LogP contribution in [0.5, 0.6) is 0 Å². The van der Waals surface area contributed by atoms with Gasteiger partial charge in [-0.25, -0.2) is 13.2 Å². The molecule has 1 atom stereocenters. The van der Waals surface area contributed by atoms with Gasteiger partial charge in [-0.3, -0.25) is 4.79 Å². The van der Waals surface area contributed by atoms with Crippen LogP contribution in [0.2, 0.25) is 0 Å². The van der Waals surface area contributed by atoms with E-state index < -0.39 is 19.0 Å². The monoisotopic (exact) mass is 238 g/mol. The summed E-state index contributed by atoms with van der Waals surface area (Å²) in [7, 11) is 0. The lowest BCUT2D eigenvalue weighted by Gasteiger charge is -2.20. The van der Waals surface area contributed by atoms with Gasteiger partial charge in [-0.1, -0.05) is 19.3 Å². The number of carbonyl (C=O) groups is 1. The molecule has 0 aromatic rings. The van der Waals surface area contributed by atoms with E-state index in [1.807, 2.05) is 0 Å². The zero-order valence-corrected chi connectivity index (χ0v) is 9.13. The first kappa shape index (κ1) is 13.3. The standard InChI is InChI=1S/C11H17F3O2/c12-9(10(13)14)6-7-16-11(15)8-4-2-1-3-5-8/h8-10H,1-7H2. The van der Waals surface area contributed by atoms with Crippen molar-refractivity contribution in [2.75, 3.05) is 6.61 Å². The van der Waals surface area contributed by atoms with Gasteiger partial charge in [0.25, 0.3) is 6.43 Å². The first-order valence-corrected chi connectivity index (χ1v) is 5.70. The van der Waals surface area contributed by atoms with E-state index in [1.54, 1.807) is 0 Å². The molecule has 1 unspecified atom stereocenters. The van der Waals surface area contributed by atoms with E-state index in [0.29, 0.717) is 0 Å². The van der Waals surface area contributed by atoms with Crippen molar-refractivity contribution in [3.8, 4) is 0 Å². The Hall–Kier alpha value is -0.740. The number of hydrogen-bond acceptors (Lipinski definition) is 2. The zero-order chi connectivity index (χ0) is 12.0. The first-order chi connectivity index (χ1) is 7.61. The molecule has 2 nitrogen and oxygen atoms in total. The van der Waals surface area contributed by atoms with E-state index in [1.165, 1.54) is 0 Å². The average Bonchev–Trinajstić information content (AvgIpc) is 2.29. The number of ether oxygens (including phenoxy) is 1. The third-order valence-corrected chi connectivity index (χ3v) is 2.85. The summed E-state index contributed by atoms with van der Waals surface area (Å²) in [5, 5.41) is 0. The molecule has 0 radical (unpaired) electrons. The molecule has 0 spiro atoms. The summed E-state index contributed by atoms with van der Waals surface area (Å²) >= 11 is 0. The van der Waals surface area contributed by atoms with Gasteiger partial charge >= 0.3 is 5.97 Å². The van der Waals surface area contributed by atoms with Crippen molar-refractivity contribution >= 4 is 5.97 Å². The summed E-state index contributed by atoms with van der Waals surface area (Å²) in [6, 6.07) is 0. The lowest BCUT2D eigenvalue weighted by atomic mass is 9.89. The van der Waals surface area contributed by atoms with Crippen molar-refractivity contribution in [1.29, 1.82) is 0 Å². The van der Waals surface area contributed by atoms with Gasteiger partial charge in [-0.15, -0.1) is 0 Å². The Balaban J connectivity index is 2.14. The third kappa shape index (κ3) is 4.41. The van der Waals surface area contributed by atoms with Crippen molar-refractivity contribution < 1.29 is 22.7 Å². The molecule has 0 N–H and O–H groups in total. The number of esters is 1. The minimum Gasteiger partial charge on any atom is -0.465 e. The molecule has 1 rings (SSSR count). The second-order valence-electron chi connectivity index (χ2n) is 4.14. The molecule has 0 aromatic heterocycles. The molecule has 16 heavy (non-hydrogen) atoms. The van der Waals surface area contributed by atoms with Gasteiger partial charge in [0.05, 0.1) is 12.5 Å². The largest absolute Gasteiger partial charge is 0.465 e. The molecular weight excluding hydrogens is 221 g/mol. The van der Waals surface area contributed by atoms with Gasteiger partial charge in [-0.05, 0) is 12.8 Å². The Bertz CT molecular complexity index is 215. The van der Waals surface area contributed by atoms with Crippen LogP contribution in [0.15, 0.2) is 0 Å². The molecule has 94 valence electrons. The van der Waals surface area contributed by atoms with E-state index in [0.717, 1.165) is 32.1 Å². The van der Waals surface area contributed by atoms with E-state index in [-0.39, 0.29) is 18.5 Å².